The molecule has 0 unspecified atom stereocenters. The van der Waals surface area contributed by atoms with Crippen molar-refractivity contribution in [2.75, 3.05) is 0 Å². The quantitative estimate of drug-likeness (QED) is 0.938. The molecule has 0 bridgehead atoms. The third-order valence-corrected chi connectivity index (χ3v) is 3.75. The maximum Gasteiger partial charge on any atom is 0.337 e. The number of pyridine rings is 1. The molecule has 2 aromatic rings. The molecule has 6 heteroatoms. The number of nitrogens with zero attached hydrogens (tertiary/aromatic N) is 1. The summed E-state index contributed by atoms with van der Waals surface area (Å²) in [4.78, 5) is 23.4. The fourth-order valence-electron chi connectivity index (χ4n) is 1.55. The summed E-state index contributed by atoms with van der Waals surface area (Å²) in [7, 11) is 0. The Bertz CT molecular complexity index is 632. The van der Waals surface area contributed by atoms with Gasteiger partial charge in [0.15, 0.2) is 0 Å². The van der Waals surface area contributed by atoms with Crippen LogP contribution >= 0.6 is 22.9 Å². The van der Waals surface area contributed by atoms with E-state index in [2.05, 4.69) is 0 Å². The molecular formula is C12H10ClNO3S. The molecule has 0 radical (unpaired) electrons. The minimum absolute atomic E-state index is 0.110. The Balaban J connectivity index is 2.16. The van der Waals surface area contributed by atoms with Gasteiger partial charge in [-0.15, -0.1) is 11.3 Å². The van der Waals surface area contributed by atoms with Crippen LogP contribution in [0.1, 0.15) is 15.2 Å². The molecule has 0 saturated carbocycles. The monoisotopic (exact) mass is 283 g/mol. The van der Waals surface area contributed by atoms with Crippen molar-refractivity contribution in [1.29, 1.82) is 0 Å². The average Bonchev–Trinajstić information content (AvgIpc) is 2.74. The number of hydrogen-bond acceptors (Lipinski definition) is 3. The van der Waals surface area contributed by atoms with Crippen LogP contribution < -0.4 is 5.56 Å². The van der Waals surface area contributed by atoms with E-state index in [-0.39, 0.29) is 11.1 Å². The number of carboxylic acid groups (broad SMARTS) is 1. The summed E-state index contributed by atoms with van der Waals surface area (Å²) >= 11 is 7.27. The van der Waals surface area contributed by atoms with Gasteiger partial charge in [-0.2, -0.15) is 0 Å². The highest BCUT2D eigenvalue weighted by Crippen LogP contribution is 2.21. The number of aromatic nitrogens is 1. The Morgan fingerprint density at radius 2 is 2.11 bits per heavy atom. The summed E-state index contributed by atoms with van der Waals surface area (Å²) < 4.78 is 2.11. The van der Waals surface area contributed by atoms with Gasteiger partial charge in [-0.1, -0.05) is 11.6 Å². The van der Waals surface area contributed by atoms with E-state index in [1.54, 1.807) is 6.07 Å². The van der Waals surface area contributed by atoms with E-state index < -0.39 is 5.97 Å². The standard InChI is InChI=1S/C12H10ClNO3S/c13-10-3-2-9(18-10)5-6-14-7-8(12(16)17)1-4-11(14)15/h1-4,7H,5-6H2,(H,16,17). The zero-order chi connectivity index (χ0) is 13.1. The van der Waals surface area contributed by atoms with Crippen LogP contribution in [0.5, 0.6) is 0 Å². The Morgan fingerprint density at radius 3 is 2.72 bits per heavy atom. The van der Waals surface area contributed by atoms with Crippen LogP contribution in [-0.4, -0.2) is 15.6 Å². The molecular weight excluding hydrogens is 274 g/mol. The van der Waals surface area contributed by atoms with E-state index in [4.69, 9.17) is 16.7 Å². The minimum atomic E-state index is -1.04. The Hall–Kier alpha value is -1.59. The first kappa shape index (κ1) is 12.9. The van der Waals surface area contributed by atoms with E-state index in [0.717, 1.165) is 4.88 Å². The second-order valence-electron chi connectivity index (χ2n) is 3.71. The number of aromatic carboxylic acids is 1. The van der Waals surface area contributed by atoms with Gasteiger partial charge in [0.1, 0.15) is 0 Å². The summed E-state index contributed by atoms with van der Waals surface area (Å²) in [6.45, 7) is 0.441. The van der Waals surface area contributed by atoms with Crippen molar-refractivity contribution in [2.45, 2.75) is 13.0 Å². The van der Waals surface area contributed by atoms with Crippen molar-refractivity contribution in [3.8, 4) is 0 Å². The molecule has 94 valence electrons. The van der Waals surface area contributed by atoms with E-state index in [9.17, 15) is 9.59 Å². The van der Waals surface area contributed by atoms with Crippen LogP contribution in [0, 0.1) is 0 Å². The van der Waals surface area contributed by atoms with Gasteiger partial charge in [0.2, 0.25) is 0 Å². The molecule has 0 spiro atoms. The van der Waals surface area contributed by atoms with E-state index in [1.165, 1.54) is 34.2 Å². The lowest BCUT2D eigenvalue weighted by Gasteiger charge is -2.05. The van der Waals surface area contributed by atoms with Crippen LogP contribution in [0.3, 0.4) is 0 Å². The SMILES string of the molecule is O=C(O)c1ccc(=O)n(CCc2ccc(Cl)s2)c1. The van der Waals surface area contributed by atoms with Crippen LogP contribution in [0.25, 0.3) is 0 Å². The first-order valence-electron chi connectivity index (χ1n) is 5.24. The largest absolute Gasteiger partial charge is 0.478 e. The first-order valence-corrected chi connectivity index (χ1v) is 6.44. The van der Waals surface area contributed by atoms with Crippen molar-refractivity contribution in [3.63, 3.8) is 0 Å². The highest BCUT2D eigenvalue weighted by atomic mass is 35.5. The normalized spacial score (nSPS) is 10.5. The van der Waals surface area contributed by atoms with Crippen molar-refractivity contribution in [3.05, 3.63) is 55.6 Å². The second kappa shape index (κ2) is 5.37. The molecule has 2 rings (SSSR count). The molecule has 0 aliphatic heterocycles. The lowest BCUT2D eigenvalue weighted by molar-refractivity contribution is 0.0696. The van der Waals surface area contributed by atoms with Crippen molar-refractivity contribution < 1.29 is 9.90 Å². The summed E-state index contributed by atoms with van der Waals surface area (Å²) in [6, 6.07) is 6.28. The summed E-state index contributed by atoms with van der Waals surface area (Å²) in [6.07, 6.45) is 2.01. The van der Waals surface area contributed by atoms with E-state index in [0.29, 0.717) is 17.3 Å². The molecule has 0 atom stereocenters. The molecule has 0 aromatic carbocycles. The molecule has 0 aliphatic carbocycles. The molecule has 1 N–H and O–H groups in total. The number of halogens is 1. The minimum Gasteiger partial charge on any atom is -0.478 e. The van der Waals surface area contributed by atoms with Gasteiger partial charge < -0.3 is 9.67 Å². The van der Waals surface area contributed by atoms with Gasteiger partial charge in [-0.25, -0.2) is 4.79 Å². The topological polar surface area (TPSA) is 59.3 Å². The van der Waals surface area contributed by atoms with E-state index >= 15 is 0 Å². The molecule has 2 aromatic heterocycles. The zero-order valence-corrected chi connectivity index (χ0v) is 10.9. The number of carboxylic acids is 1. The van der Waals surface area contributed by atoms with Crippen LogP contribution in [0.2, 0.25) is 4.34 Å². The third-order valence-electron chi connectivity index (χ3n) is 2.46. The number of carbonyl (C=O) groups is 1. The zero-order valence-electron chi connectivity index (χ0n) is 9.30. The van der Waals surface area contributed by atoms with Crippen LogP contribution in [0.4, 0.5) is 0 Å². The fourth-order valence-corrected chi connectivity index (χ4v) is 2.63. The maximum atomic E-state index is 11.6. The predicted molar refractivity (Wildman–Crippen MR) is 70.7 cm³/mol. The summed E-state index contributed by atoms with van der Waals surface area (Å²) in [5.74, 6) is -1.04. The van der Waals surface area contributed by atoms with Crippen LogP contribution in [0.15, 0.2) is 35.3 Å². The first-order chi connectivity index (χ1) is 8.56. The third kappa shape index (κ3) is 3.00. The summed E-state index contributed by atoms with van der Waals surface area (Å²) in [5, 5.41) is 8.86. The van der Waals surface area contributed by atoms with Crippen molar-refractivity contribution in [1.82, 2.24) is 4.57 Å². The molecule has 4 nitrogen and oxygen atoms in total. The lowest BCUT2D eigenvalue weighted by Crippen LogP contribution is -2.21. The molecule has 2 heterocycles. The average molecular weight is 284 g/mol. The Kier molecular flexibility index (Phi) is 3.84. The van der Waals surface area contributed by atoms with Gasteiger partial charge in [0.25, 0.3) is 5.56 Å². The molecule has 0 aliphatic rings. The maximum absolute atomic E-state index is 11.6. The summed E-state index contributed by atoms with van der Waals surface area (Å²) in [5.41, 5.74) is -0.0959. The highest BCUT2D eigenvalue weighted by molar-refractivity contribution is 7.16. The number of thiophene rings is 1. The van der Waals surface area contributed by atoms with Gasteiger partial charge in [0, 0.05) is 23.7 Å². The number of rotatable bonds is 4. The Labute approximate surface area is 112 Å². The number of aryl methyl sites for hydroxylation is 2. The van der Waals surface area contributed by atoms with Crippen molar-refractivity contribution in [2.24, 2.45) is 0 Å². The van der Waals surface area contributed by atoms with Gasteiger partial charge in [-0.05, 0) is 24.6 Å². The van der Waals surface area contributed by atoms with Gasteiger partial charge in [-0.3, -0.25) is 4.79 Å². The van der Waals surface area contributed by atoms with Crippen molar-refractivity contribution >= 4 is 28.9 Å². The molecule has 0 fully saturated rings. The smallest absolute Gasteiger partial charge is 0.337 e. The molecule has 18 heavy (non-hydrogen) atoms. The molecule has 0 amide bonds. The predicted octanol–water partition coefficient (Wildman–Crippen LogP) is 2.50. The van der Waals surface area contributed by atoms with Gasteiger partial charge >= 0.3 is 5.97 Å². The van der Waals surface area contributed by atoms with Gasteiger partial charge in [0.05, 0.1) is 9.90 Å². The molecule has 0 saturated heterocycles. The Morgan fingerprint density at radius 1 is 1.33 bits per heavy atom. The highest BCUT2D eigenvalue weighted by Gasteiger charge is 2.06. The van der Waals surface area contributed by atoms with E-state index in [1.807, 2.05) is 6.07 Å². The number of hydrogen-bond donors (Lipinski definition) is 1. The second-order valence-corrected chi connectivity index (χ2v) is 5.51. The van der Waals surface area contributed by atoms with Crippen LogP contribution in [-0.2, 0) is 13.0 Å². The fraction of sp³-hybridized carbons (Fsp3) is 0.167. The lowest BCUT2D eigenvalue weighted by atomic mass is 10.2.